The summed E-state index contributed by atoms with van der Waals surface area (Å²) in [6.07, 6.45) is 2.15. The lowest BCUT2D eigenvalue weighted by atomic mass is 10.0. The van der Waals surface area contributed by atoms with Crippen molar-refractivity contribution in [3.8, 4) is 11.5 Å². The third-order valence-corrected chi connectivity index (χ3v) is 6.51. The Bertz CT molecular complexity index is 886. The van der Waals surface area contributed by atoms with Crippen molar-refractivity contribution in [3.63, 3.8) is 0 Å². The molecule has 2 saturated heterocycles. The number of carbonyl (C=O) groups is 1. The van der Waals surface area contributed by atoms with E-state index in [0.717, 1.165) is 63.5 Å². The second-order valence-electron chi connectivity index (χ2n) is 8.05. The zero-order valence-corrected chi connectivity index (χ0v) is 18.8. The molecule has 0 bridgehead atoms. The number of hydrogen-bond donors (Lipinski definition) is 0. The molecule has 2 heterocycles. The van der Waals surface area contributed by atoms with Crippen LogP contribution in [0.1, 0.15) is 12.8 Å². The Morgan fingerprint density at radius 1 is 1.00 bits per heavy atom. The van der Waals surface area contributed by atoms with Crippen LogP contribution >= 0.6 is 11.6 Å². The SMILES string of the molecule is COc1ccccc1N1CCN([C@H]2CCCN(C(=O)COc3ccccc3Cl)C2)CC1. The fraction of sp³-hybridized carbons (Fsp3) is 0.458. The van der Waals surface area contributed by atoms with Gasteiger partial charge in [-0.05, 0) is 37.1 Å². The highest BCUT2D eigenvalue weighted by Gasteiger charge is 2.30. The van der Waals surface area contributed by atoms with Crippen molar-refractivity contribution in [1.29, 1.82) is 0 Å². The maximum absolute atomic E-state index is 12.7. The quantitative estimate of drug-likeness (QED) is 0.683. The third kappa shape index (κ3) is 5.25. The van der Waals surface area contributed by atoms with Gasteiger partial charge in [-0.2, -0.15) is 0 Å². The zero-order valence-electron chi connectivity index (χ0n) is 18.0. The standard InChI is InChI=1S/C24H30ClN3O3/c1-30-23-11-5-3-9-21(23)27-15-13-26(14-16-27)19-7-6-12-28(17-19)24(29)18-31-22-10-4-2-8-20(22)25/h2-5,8-11,19H,6-7,12-18H2,1H3/t19-/m0/s1. The monoisotopic (exact) mass is 443 g/mol. The summed E-state index contributed by atoms with van der Waals surface area (Å²) in [5.41, 5.74) is 1.15. The van der Waals surface area contributed by atoms with E-state index in [1.807, 2.05) is 29.2 Å². The summed E-state index contributed by atoms with van der Waals surface area (Å²) >= 11 is 6.12. The molecule has 0 radical (unpaired) electrons. The predicted molar refractivity (Wildman–Crippen MR) is 123 cm³/mol. The molecule has 1 atom stereocenters. The predicted octanol–water partition coefficient (Wildman–Crippen LogP) is 3.54. The highest BCUT2D eigenvalue weighted by atomic mass is 35.5. The first kappa shape index (κ1) is 21.8. The topological polar surface area (TPSA) is 45.2 Å². The second kappa shape index (κ2) is 10.2. The smallest absolute Gasteiger partial charge is 0.260 e. The van der Waals surface area contributed by atoms with Crippen LogP contribution in [0.25, 0.3) is 0 Å². The van der Waals surface area contributed by atoms with Gasteiger partial charge in [-0.15, -0.1) is 0 Å². The number of amides is 1. The van der Waals surface area contributed by atoms with Crippen LogP contribution in [0.4, 0.5) is 5.69 Å². The average Bonchev–Trinajstić information content (AvgIpc) is 2.83. The number of carbonyl (C=O) groups excluding carboxylic acids is 1. The fourth-order valence-corrected chi connectivity index (χ4v) is 4.68. The first-order chi connectivity index (χ1) is 15.2. The Labute approximate surface area is 189 Å². The molecular weight excluding hydrogens is 414 g/mol. The summed E-state index contributed by atoms with van der Waals surface area (Å²) in [6, 6.07) is 15.8. The first-order valence-electron chi connectivity index (χ1n) is 10.9. The summed E-state index contributed by atoms with van der Waals surface area (Å²) in [5.74, 6) is 1.50. The molecule has 2 aromatic carbocycles. The maximum Gasteiger partial charge on any atom is 0.260 e. The molecule has 4 rings (SSSR count). The molecule has 6 nitrogen and oxygen atoms in total. The number of piperazine rings is 1. The number of ether oxygens (including phenoxy) is 2. The van der Waals surface area contributed by atoms with E-state index in [2.05, 4.69) is 21.9 Å². The summed E-state index contributed by atoms with van der Waals surface area (Å²) < 4.78 is 11.2. The van der Waals surface area contributed by atoms with Gasteiger partial charge in [-0.25, -0.2) is 0 Å². The number of rotatable bonds is 6. The van der Waals surface area contributed by atoms with Crippen molar-refractivity contribution >= 4 is 23.2 Å². The van der Waals surface area contributed by atoms with Gasteiger partial charge in [-0.1, -0.05) is 35.9 Å². The van der Waals surface area contributed by atoms with E-state index in [-0.39, 0.29) is 12.5 Å². The van der Waals surface area contributed by atoms with E-state index in [0.29, 0.717) is 16.8 Å². The van der Waals surface area contributed by atoms with E-state index < -0.39 is 0 Å². The molecule has 0 spiro atoms. The number of halogens is 1. The maximum atomic E-state index is 12.7. The number of benzene rings is 2. The summed E-state index contributed by atoms with van der Waals surface area (Å²) in [5, 5.41) is 0.528. The van der Waals surface area contributed by atoms with Crippen molar-refractivity contribution in [1.82, 2.24) is 9.80 Å². The minimum absolute atomic E-state index is 0.0253. The molecule has 166 valence electrons. The van der Waals surface area contributed by atoms with Crippen LogP contribution in [0.2, 0.25) is 5.02 Å². The van der Waals surface area contributed by atoms with E-state index >= 15 is 0 Å². The van der Waals surface area contributed by atoms with E-state index in [9.17, 15) is 4.79 Å². The van der Waals surface area contributed by atoms with E-state index in [4.69, 9.17) is 21.1 Å². The number of nitrogens with zero attached hydrogens (tertiary/aromatic N) is 3. The van der Waals surface area contributed by atoms with Crippen molar-refractivity contribution in [2.45, 2.75) is 18.9 Å². The minimum atomic E-state index is 0.0253. The Kier molecular flexibility index (Phi) is 7.20. The zero-order chi connectivity index (χ0) is 21.6. The number of piperidine rings is 1. The molecule has 2 aliphatic heterocycles. The number of hydrogen-bond acceptors (Lipinski definition) is 5. The summed E-state index contributed by atoms with van der Waals surface area (Å²) in [6.45, 7) is 5.47. The fourth-order valence-electron chi connectivity index (χ4n) is 4.49. The highest BCUT2D eigenvalue weighted by Crippen LogP contribution is 2.29. The molecule has 2 aliphatic rings. The average molecular weight is 444 g/mol. The summed E-state index contributed by atoms with van der Waals surface area (Å²) in [4.78, 5) is 19.6. The highest BCUT2D eigenvalue weighted by molar-refractivity contribution is 6.32. The Balaban J connectivity index is 1.29. The van der Waals surface area contributed by atoms with Gasteiger partial charge in [0.15, 0.2) is 6.61 Å². The number of para-hydroxylation sites is 3. The Morgan fingerprint density at radius 2 is 1.71 bits per heavy atom. The van der Waals surface area contributed by atoms with Crippen LogP contribution < -0.4 is 14.4 Å². The second-order valence-corrected chi connectivity index (χ2v) is 8.46. The Morgan fingerprint density at radius 3 is 2.45 bits per heavy atom. The lowest BCUT2D eigenvalue weighted by Gasteiger charge is -2.44. The van der Waals surface area contributed by atoms with Gasteiger partial charge in [0.05, 0.1) is 17.8 Å². The molecular formula is C24H30ClN3O3. The molecule has 31 heavy (non-hydrogen) atoms. The van der Waals surface area contributed by atoms with Crippen LogP contribution in [0, 0.1) is 0 Å². The molecule has 0 aromatic heterocycles. The van der Waals surface area contributed by atoms with Crippen LogP contribution in [0.3, 0.4) is 0 Å². The van der Waals surface area contributed by atoms with Crippen molar-refractivity contribution in [3.05, 3.63) is 53.6 Å². The molecule has 0 N–H and O–H groups in total. The van der Waals surface area contributed by atoms with Gasteiger partial charge in [0.25, 0.3) is 5.91 Å². The largest absolute Gasteiger partial charge is 0.495 e. The number of likely N-dealkylation sites (tertiary alicyclic amines) is 1. The van der Waals surface area contributed by atoms with Crippen molar-refractivity contribution in [2.24, 2.45) is 0 Å². The van der Waals surface area contributed by atoms with Crippen LogP contribution in [0.5, 0.6) is 11.5 Å². The van der Waals surface area contributed by atoms with Crippen LogP contribution in [-0.4, -0.2) is 74.7 Å². The molecule has 0 saturated carbocycles. The number of anilines is 1. The van der Waals surface area contributed by atoms with Crippen LogP contribution in [-0.2, 0) is 4.79 Å². The molecule has 0 unspecified atom stereocenters. The van der Waals surface area contributed by atoms with E-state index in [1.165, 1.54) is 0 Å². The van der Waals surface area contributed by atoms with E-state index in [1.54, 1.807) is 19.2 Å². The van der Waals surface area contributed by atoms with Crippen molar-refractivity contribution < 1.29 is 14.3 Å². The number of methoxy groups -OCH3 is 1. The van der Waals surface area contributed by atoms with Gasteiger partial charge < -0.3 is 19.3 Å². The molecule has 2 aromatic rings. The Hall–Kier alpha value is -2.44. The molecule has 2 fully saturated rings. The molecule has 7 heteroatoms. The lowest BCUT2D eigenvalue weighted by Crippen LogP contribution is -2.56. The third-order valence-electron chi connectivity index (χ3n) is 6.19. The normalized spacial score (nSPS) is 19.9. The van der Waals surface area contributed by atoms with Gasteiger partial charge >= 0.3 is 0 Å². The van der Waals surface area contributed by atoms with Gasteiger partial charge in [0.2, 0.25) is 0 Å². The minimum Gasteiger partial charge on any atom is -0.495 e. The van der Waals surface area contributed by atoms with Crippen LogP contribution in [0.15, 0.2) is 48.5 Å². The van der Waals surface area contributed by atoms with Gasteiger partial charge in [0, 0.05) is 45.3 Å². The van der Waals surface area contributed by atoms with Crippen molar-refractivity contribution in [2.75, 3.05) is 57.9 Å². The van der Waals surface area contributed by atoms with Gasteiger partial charge in [0.1, 0.15) is 11.5 Å². The first-order valence-corrected chi connectivity index (χ1v) is 11.3. The molecule has 0 aliphatic carbocycles. The summed E-state index contributed by atoms with van der Waals surface area (Å²) in [7, 11) is 1.72. The molecule has 1 amide bonds. The van der Waals surface area contributed by atoms with Gasteiger partial charge in [-0.3, -0.25) is 9.69 Å². The lowest BCUT2D eigenvalue weighted by molar-refractivity contribution is -0.135.